The Morgan fingerprint density at radius 3 is 2.68 bits per heavy atom. The number of aliphatic imine (C=N–C) groups is 1. The largest absolute Gasteiger partial charge is 0.393 e. The van der Waals surface area contributed by atoms with Gasteiger partial charge in [-0.25, -0.2) is 9.38 Å². The van der Waals surface area contributed by atoms with Crippen molar-refractivity contribution in [2.75, 3.05) is 12.8 Å². The number of thioether (sulfide) groups is 1. The van der Waals surface area contributed by atoms with Gasteiger partial charge in [0.15, 0.2) is 0 Å². The molecule has 1 aliphatic carbocycles. The number of dihydropyridines is 1. The van der Waals surface area contributed by atoms with Crippen LogP contribution in [-0.2, 0) is 4.79 Å². The highest BCUT2D eigenvalue weighted by atomic mass is 32.2. The Balaban J connectivity index is 1.64. The summed E-state index contributed by atoms with van der Waals surface area (Å²) in [6.45, 7) is 5.95. The molecule has 2 aliphatic rings. The molecule has 2 atom stereocenters. The summed E-state index contributed by atoms with van der Waals surface area (Å²) in [5.74, 6) is -1.04. The zero-order valence-electron chi connectivity index (χ0n) is 20.1. The number of aromatic nitrogens is 1. The van der Waals surface area contributed by atoms with E-state index >= 15 is 0 Å². The monoisotopic (exact) mass is 485 g/mol. The van der Waals surface area contributed by atoms with E-state index < -0.39 is 5.92 Å². The van der Waals surface area contributed by atoms with Gasteiger partial charge in [0.25, 0.3) is 11.8 Å². The van der Waals surface area contributed by atoms with Gasteiger partial charge in [-0.15, -0.1) is 11.8 Å². The zero-order chi connectivity index (χ0) is 24.6. The number of aliphatic hydroxyl groups excluding tert-OH is 1. The van der Waals surface area contributed by atoms with Gasteiger partial charge in [0.1, 0.15) is 5.82 Å². The minimum Gasteiger partial charge on any atom is -0.393 e. The van der Waals surface area contributed by atoms with Crippen molar-refractivity contribution in [1.29, 1.82) is 0 Å². The molecule has 1 aromatic carbocycles. The number of amides is 2. The highest BCUT2D eigenvalue weighted by molar-refractivity contribution is 8.02. The van der Waals surface area contributed by atoms with Crippen LogP contribution in [0.25, 0.3) is 10.9 Å². The lowest BCUT2D eigenvalue weighted by molar-refractivity contribution is -0.120. The summed E-state index contributed by atoms with van der Waals surface area (Å²) in [7, 11) is 0. The van der Waals surface area contributed by atoms with Crippen molar-refractivity contribution < 1.29 is 19.1 Å². The lowest BCUT2D eigenvalue weighted by Gasteiger charge is -2.32. The number of fused-ring (bicyclic) bond motifs is 1. The average Bonchev–Trinajstić information content (AvgIpc) is 3.08. The Kier molecular flexibility index (Phi) is 7.28. The fraction of sp³-hybridized carbons (Fsp3) is 0.500. The summed E-state index contributed by atoms with van der Waals surface area (Å²) in [6.07, 6.45) is 6.85. The van der Waals surface area contributed by atoms with Crippen LogP contribution >= 0.6 is 11.8 Å². The first-order valence-corrected chi connectivity index (χ1v) is 13.0. The van der Waals surface area contributed by atoms with Gasteiger partial charge >= 0.3 is 0 Å². The number of carbonyl (C=O) groups is 2. The number of hydrogen-bond donors (Lipinski definition) is 2. The third-order valence-corrected chi connectivity index (χ3v) is 8.13. The quantitative estimate of drug-likeness (QED) is 0.616. The molecule has 8 heteroatoms. The molecule has 2 heterocycles. The average molecular weight is 486 g/mol. The molecule has 182 valence electrons. The number of allylic oxidation sites excluding steroid dienone is 1. The first-order valence-electron chi connectivity index (χ1n) is 11.8. The van der Waals surface area contributed by atoms with Crippen LogP contribution in [0.3, 0.4) is 0 Å². The molecule has 1 saturated carbocycles. The number of nitrogens with zero attached hydrogens (tertiary/aromatic N) is 2. The number of aliphatic hydroxyl groups is 1. The highest BCUT2D eigenvalue weighted by Crippen LogP contribution is 2.38. The van der Waals surface area contributed by atoms with Crippen LogP contribution in [-0.4, -0.2) is 46.1 Å². The summed E-state index contributed by atoms with van der Waals surface area (Å²) in [5.41, 5.74) is 2.65. The van der Waals surface area contributed by atoms with Crippen molar-refractivity contribution in [2.24, 2.45) is 16.8 Å². The molecule has 2 amide bonds. The van der Waals surface area contributed by atoms with Crippen molar-refractivity contribution in [1.82, 2.24) is 9.88 Å². The smallest absolute Gasteiger partial charge is 0.255 e. The van der Waals surface area contributed by atoms with Gasteiger partial charge in [0, 0.05) is 34.3 Å². The molecular formula is C26H32FN3O3S. The number of hydrogen-bond acceptors (Lipinski definition) is 4. The second-order valence-electron chi connectivity index (χ2n) is 9.41. The van der Waals surface area contributed by atoms with Gasteiger partial charge in [0.2, 0.25) is 0 Å². The standard InChI is InChI=1S/C26H32FN3O3S/c1-14-11-23(34-4)21(25(32)29-14)13-28-26(33)24-16(3)30(22-12-18(27)7-10-20(22)24)15(2)17-5-8-19(31)9-6-17/h7,10-12,15,17,19,21,31H,5-6,8-9,13H2,1-4H3,(H,28,33)/t15-,17?,19?,21?/m1/s1. The van der Waals surface area contributed by atoms with Gasteiger partial charge in [0.05, 0.1) is 23.1 Å². The van der Waals surface area contributed by atoms with Crippen molar-refractivity contribution in [3.8, 4) is 0 Å². The fourth-order valence-electron chi connectivity index (χ4n) is 5.40. The molecule has 1 aliphatic heterocycles. The van der Waals surface area contributed by atoms with Crippen LogP contribution in [0.5, 0.6) is 0 Å². The van der Waals surface area contributed by atoms with E-state index in [0.717, 1.165) is 36.3 Å². The zero-order valence-corrected chi connectivity index (χ0v) is 20.9. The topological polar surface area (TPSA) is 83.7 Å². The van der Waals surface area contributed by atoms with Gasteiger partial charge in [-0.1, -0.05) is 0 Å². The molecule has 4 rings (SSSR count). The van der Waals surface area contributed by atoms with Crippen LogP contribution in [0, 0.1) is 24.6 Å². The minimum atomic E-state index is -0.499. The molecule has 6 nitrogen and oxygen atoms in total. The van der Waals surface area contributed by atoms with E-state index in [-0.39, 0.29) is 36.3 Å². The first-order chi connectivity index (χ1) is 16.2. The van der Waals surface area contributed by atoms with Crippen LogP contribution in [0.2, 0.25) is 0 Å². The Morgan fingerprint density at radius 1 is 1.29 bits per heavy atom. The molecule has 2 aromatic rings. The van der Waals surface area contributed by atoms with Crippen molar-refractivity contribution in [3.63, 3.8) is 0 Å². The second-order valence-corrected chi connectivity index (χ2v) is 10.3. The van der Waals surface area contributed by atoms with Crippen LogP contribution in [0.4, 0.5) is 4.39 Å². The molecule has 1 aromatic heterocycles. The molecular weight excluding hydrogens is 453 g/mol. The summed E-state index contributed by atoms with van der Waals surface area (Å²) >= 11 is 1.48. The molecule has 1 fully saturated rings. The minimum absolute atomic E-state index is 0.0570. The fourth-order valence-corrected chi connectivity index (χ4v) is 6.16. The van der Waals surface area contributed by atoms with Crippen LogP contribution < -0.4 is 5.32 Å². The third-order valence-electron chi connectivity index (χ3n) is 7.25. The number of benzene rings is 1. The summed E-state index contributed by atoms with van der Waals surface area (Å²) in [5, 5.41) is 13.5. The lowest BCUT2D eigenvalue weighted by Crippen LogP contribution is -2.35. The Bertz CT molecular complexity index is 1180. The molecule has 2 N–H and O–H groups in total. The normalized spacial score (nSPS) is 24.1. The van der Waals surface area contributed by atoms with E-state index in [1.165, 1.54) is 23.9 Å². The van der Waals surface area contributed by atoms with Crippen molar-refractivity contribution in [2.45, 2.75) is 58.6 Å². The maximum Gasteiger partial charge on any atom is 0.255 e. The van der Waals surface area contributed by atoms with Crippen LogP contribution in [0.1, 0.15) is 61.6 Å². The Morgan fingerprint density at radius 2 is 2.00 bits per heavy atom. The Labute approximate surface area is 203 Å². The van der Waals surface area contributed by atoms with E-state index in [2.05, 4.69) is 21.8 Å². The summed E-state index contributed by atoms with van der Waals surface area (Å²) in [4.78, 5) is 30.8. The summed E-state index contributed by atoms with van der Waals surface area (Å²) < 4.78 is 16.3. The highest BCUT2D eigenvalue weighted by Gasteiger charge is 2.31. The first kappa shape index (κ1) is 24.7. The molecule has 0 saturated heterocycles. The van der Waals surface area contributed by atoms with Crippen molar-refractivity contribution in [3.05, 3.63) is 46.3 Å². The number of carbonyl (C=O) groups excluding carboxylic acids is 2. The van der Waals surface area contributed by atoms with Gasteiger partial charge < -0.3 is 15.0 Å². The lowest BCUT2D eigenvalue weighted by atomic mass is 9.83. The van der Waals surface area contributed by atoms with E-state index in [0.29, 0.717) is 28.1 Å². The molecule has 1 unspecified atom stereocenters. The maximum absolute atomic E-state index is 14.3. The van der Waals surface area contributed by atoms with E-state index in [9.17, 15) is 19.1 Å². The van der Waals surface area contributed by atoms with Crippen LogP contribution in [0.15, 0.2) is 34.2 Å². The molecule has 0 bridgehead atoms. The molecule has 34 heavy (non-hydrogen) atoms. The maximum atomic E-state index is 14.3. The number of halogens is 1. The predicted octanol–water partition coefficient (Wildman–Crippen LogP) is 4.79. The number of nitrogens with one attached hydrogen (secondary N) is 1. The molecule has 0 radical (unpaired) electrons. The van der Waals surface area contributed by atoms with E-state index in [1.807, 2.05) is 19.3 Å². The predicted molar refractivity (Wildman–Crippen MR) is 135 cm³/mol. The SMILES string of the molecule is CSC1=CC(C)=NC(=O)C1CNC(=O)c1c(C)n([C@H](C)C2CCC(O)CC2)c2cc(F)ccc12. The number of rotatable bonds is 6. The van der Waals surface area contributed by atoms with E-state index in [1.54, 1.807) is 13.0 Å². The van der Waals surface area contributed by atoms with E-state index in [4.69, 9.17) is 0 Å². The van der Waals surface area contributed by atoms with Gasteiger partial charge in [-0.2, -0.15) is 0 Å². The van der Waals surface area contributed by atoms with Gasteiger partial charge in [-0.3, -0.25) is 9.59 Å². The Hall–Kier alpha value is -2.45. The second kappa shape index (κ2) is 10.0. The third kappa shape index (κ3) is 4.70. The molecule has 0 spiro atoms. The summed E-state index contributed by atoms with van der Waals surface area (Å²) in [6, 6.07) is 4.58. The van der Waals surface area contributed by atoms with Gasteiger partial charge in [-0.05, 0) is 82.9 Å². The van der Waals surface area contributed by atoms with Crippen molar-refractivity contribution >= 4 is 40.2 Å².